The highest BCUT2D eigenvalue weighted by Gasteiger charge is 2.41. The third-order valence-corrected chi connectivity index (χ3v) is 7.56. The van der Waals surface area contributed by atoms with Crippen LogP contribution in [0.25, 0.3) is 0 Å². The zero-order chi connectivity index (χ0) is 25.6. The summed E-state index contributed by atoms with van der Waals surface area (Å²) in [6.45, 7) is 4.92. The minimum absolute atomic E-state index is 0.0846. The summed E-state index contributed by atoms with van der Waals surface area (Å²) in [5, 5.41) is 13.1. The van der Waals surface area contributed by atoms with Gasteiger partial charge >= 0.3 is 5.97 Å². The van der Waals surface area contributed by atoms with Crippen molar-refractivity contribution in [3.8, 4) is 5.75 Å². The fourth-order valence-corrected chi connectivity index (χ4v) is 5.63. The normalized spacial score (nSPS) is 19.9. The number of hydrogen-bond acceptors (Lipinski definition) is 4. The van der Waals surface area contributed by atoms with Crippen molar-refractivity contribution in [1.82, 2.24) is 10.2 Å². The van der Waals surface area contributed by atoms with E-state index in [1.165, 1.54) is 6.07 Å². The number of carbonyl (C=O) groups excluding carboxylic acids is 1. The summed E-state index contributed by atoms with van der Waals surface area (Å²) in [7, 11) is 0. The molecule has 3 fully saturated rings. The Hall–Kier alpha value is -2.35. The molecule has 0 bridgehead atoms. The number of ether oxygens (including phenoxy) is 1. The van der Waals surface area contributed by atoms with Crippen LogP contribution in [0.4, 0.5) is 4.39 Å². The third-order valence-electron chi connectivity index (χ3n) is 7.12. The molecule has 1 atom stereocenters. The lowest BCUT2D eigenvalue weighted by atomic mass is 9.82. The minimum atomic E-state index is -1.09. The second kappa shape index (κ2) is 9.84. The Bertz CT molecular complexity index is 1170. The van der Waals surface area contributed by atoms with Gasteiger partial charge in [0.2, 0.25) is 0 Å². The van der Waals surface area contributed by atoms with E-state index >= 15 is 0 Å². The van der Waals surface area contributed by atoms with Crippen LogP contribution >= 0.6 is 23.2 Å². The summed E-state index contributed by atoms with van der Waals surface area (Å²) in [5.74, 6) is -1.88. The van der Waals surface area contributed by atoms with Crippen molar-refractivity contribution >= 4 is 35.1 Å². The van der Waals surface area contributed by atoms with Gasteiger partial charge in [-0.2, -0.15) is 0 Å². The van der Waals surface area contributed by atoms with Crippen LogP contribution in [0.15, 0.2) is 30.3 Å². The van der Waals surface area contributed by atoms with Crippen LogP contribution in [-0.4, -0.2) is 47.6 Å². The Labute approximate surface area is 219 Å². The number of carboxylic acids is 1. The van der Waals surface area contributed by atoms with E-state index in [-0.39, 0.29) is 22.8 Å². The molecule has 2 aromatic rings. The molecule has 36 heavy (non-hydrogen) atoms. The molecule has 1 saturated heterocycles. The molecule has 9 heteroatoms. The van der Waals surface area contributed by atoms with Gasteiger partial charge in [0, 0.05) is 41.2 Å². The van der Waals surface area contributed by atoms with E-state index < -0.39 is 23.7 Å². The number of benzene rings is 2. The third kappa shape index (κ3) is 5.79. The number of halogens is 3. The predicted octanol–water partition coefficient (Wildman–Crippen LogP) is 5.50. The lowest BCUT2D eigenvalue weighted by Crippen LogP contribution is -2.56. The zero-order valence-electron chi connectivity index (χ0n) is 20.0. The molecule has 3 aliphatic rings. The summed E-state index contributed by atoms with van der Waals surface area (Å²) in [6, 6.07) is 7.37. The van der Waals surface area contributed by atoms with Crippen LogP contribution in [0.2, 0.25) is 10.0 Å². The van der Waals surface area contributed by atoms with Gasteiger partial charge in [0.1, 0.15) is 17.6 Å². The van der Waals surface area contributed by atoms with Gasteiger partial charge < -0.3 is 15.2 Å². The molecule has 0 spiro atoms. The van der Waals surface area contributed by atoms with Crippen molar-refractivity contribution in [1.29, 1.82) is 0 Å². The molecule has 5 rings (SSSR count). The van der Waals surface area contributed by atoms with Crippen molar-refractivity contribution in [2.75, 3.05) is 19.7 Å². The van der Waals surface area contributed by atoms with Crippen molar-refractivity contribution in [3.63, 3.8) is 0 Å². The maximum Gasteiger partial charge on any atom is 0.326 e. The molecule has 0 radical (unpaired) electrons. The topological polar surface area (TPSA) is 78.9 Å². The van der Waals surface area contributed by atoms with Crippen molar-refractivity contribution < 1.29 is 23.8 Å². The lowest BCUT2D eigenvalue weighted by molar-refractivity contribution is -0.139. The van der Waals surface area contributed by atoms with E-state index in [1.54, 1.807) is 12.1 Å². The first-order chi connectivity index (χ1) is 17.1. The smallest absolute Gasteiger partial charge is 0.326 e. The van der Waals surface area contributed by atoms with Gasteiger partial charge in [-0.3, -0.25) is 9.69 Å². The Kier molecular flexibility index (Phi) is 6.92. The van der Waals surface area contributed by atoms with Gasteiger partial charge in [0.25, 0.3) is 5.91 Å². The summed E-state index contributed by atoms with van der Waals surface area (Å²) in [6.07, 6.45) is 3.41. The number of amides is 1. The quantitative estimate of drug-likeness (QED) is 0.420. The maximum absolute atomic E-state index is 15.0. The first kappa shape index (κ1) is 25.3. The average molecular weight is 535 g/mol. The second-order valence-electron chi connectivity index (χ2n) is 10.8. The van der Waals surface area contributed by atoms with Crippen LogP contribution in [0, 0.1) is 17.2 Å². The molecule has 192 valence electrons. The largest absolute Gasteiger partial charge is 0.493 e. The standard InChI is InChI=1S/C27H29Cl2FN2O4/c1-27(12-32(13-27)11-15-6-18(28)8-19(29)7-15)14-36-23-10-22(30)21(9-20(23)16-2-3-16)25(33)31-24(26(34)35)17-4-5-17/h6-10,16-17,24H,2-5,11-14H2,1H3,(H,31,33)(H,34,35). The molecular weight excluding hydrogens is 506 g/mol. The number of nitrogens with zero attached hydrogens (tertiary/aromatic N) is 1. The highest BCUT2D eigenvalue weighted by atomic mass is 35.5. The van der Waals surface area contributed by atoms with Gasteiger partial charge in [-0.15, -0.1) is 0 Å². The molecule has 1 heterocycles. The number of carbonyl (C=O) groups is 2. The molecule has 1 amide bonds. The second-order valence-corrected chi connectivity index (χ2v) is 11.7. The Balaban J connectivity index is 1.22. The van der Waals surface area contributed by atoms with Crippen LogP contribution in [-0.2, 0) is 11.3 Å². The number of aliphatic carboxylic acids is 1. The Morgan fingerprint density at radius 3 is 2.39 bits per heavy atom. The van der Waals surface area contributed by atoms with Crippen LogP contribution in [0.3, 0.4) is 0 Å². The highest BCUT2D eigenvalue weighted by molar-refractivity contribution is 6.34. The fourth-order valence-electron chi connectivity index (χ4n) is 5.06. The van der Waals surface area contributed by atoms with Crippen LogP contribution in [0.1, 0.15) is 60.0 Å². The Morgan fingerprint density at radius 1 is 1.14 bits per heavy atom. The van der Waals surface area contributed by atoms with E-state index in [4.69, 9.17) is 27.9 Å². The first-order valence-corrected chi connectivity index (χ1v) is 13.0. The highest BCUT2D eigenvalue weighted by Crippen LogP contribution is 2.46. The fraction of sp³-hybridized carbons (Fsp3) is 0.481. The van der Waals surface area contributed by atoms with Crippen molar-refractivity contribution in [2.45, 2.75) is 51.1 Å². The molecular formula is C27H29Cl2FN2O4. The molecule has 2 N–H and O–H groups in total. The molecule has 2 aromatic carbocycles. The van der Waals surface area contributed by atoms with Crippen molar-refractivity contribution in [2.24, 2.45) is 11.3 Å². The average Bonchev–Trinajstić information content (AvgIpc) is 3.67. The SMILES string of the molecule is CC1(COc2cc(F)c(C(=O)NC(C(=O)O)C3CC3)cc2C2CC2)CN(Cc2cc(Cl)cc(Cl)c2)C1. The zero-order valence-corrected chi connectivity index (χ0v) is 21.5. The lowest BCUT2D eigenvalue weighted by Gasteiger charge is -2.48. The monoisotopic (exact) mass is 534 g/mol. The molecule has 2 saturated carbocycles. The number of carboxylic acid groups (broad SMARTS) is 1. The van der Waals surface area contributed by atoms with E-state index in [0.717, 1.165) is 56.4 Å². The first-order valence-electron chi connectivity index (χ1n) is 12.3. The van der Waals surface area contributed by atoms with Gasteiger partial charge in [-0.05, 0) is 72.9 Å². The van der Waals surface area contributed by atoms with E-state index in [9.17, 15) is 19.1 Å². The van der Waals surface area contributed by atoms with Crippen LogP contribution < -0.4 is 10.1 Å². The van der Waals surface area contributed by atoms with E-state index in [1.807, 2.05) is 12.1 Å². The van der Waals surface area contributed by atoms with Gasteiger partial charge in [-0.1, -0.05) is 30.1 Å². The molecule has 0 aromatic heterocycles. The maximum atomic E-state index is 15.0. The van der Waals surface area contributed by atoms with Gasteiger partial charge in [0.15, 0.2) is 0 Å². The molecule has 1 unspecified atom stereocenters. The predicted molar refractivity (Wildman–Crippen MR) is 135 cm³/mol. The summed E-state index contributed by atoms with van der Waals surface area (Å²) >= 11 is 12.2. The number of hydrogen-bond donors (Lipinski definition) is 2. The number of rotatable bonds is 10. The van der Waals surface area contributed by atoms with E-state index in [0.29, 0.717) is 22.4 Å². The summed E-state index contributed by atoms with van der Waals surface area (Å²) in [5.41, 5.74) is 1.65. The van der Waals surface area contributed by atoms with Gasteiger partial charge in [-0.25, -0.2) is 9.18 Å². The number of likely N-dealkylation sites (tertiary alicyclic amines) is 1. The van der Waals surface area contributed by atoms with E-state index in [2.05, 4.69) is 17.1 Å². The number of nitrogens with one attached hydrogen (secondary N) is 1. The molecule has 6 nitrogen and oxygen atoms in total. The van der Waals surface area contributed by atoms with Crippen LogP contribution in [0.5, 0.6) is 5.75 Å². The summed E-state index contributed by atoms with van der Waals surface area (Å²) in [4.78, 5) is 26.5. The minimum Gasteiger partial charge on any atom is -0.493 e. The Morgan fingerprint density at radius 2 is 1.81 bits per heavy atom. The molecule has 2 aliphatic carbocycles. The van der Waals surface area contributed by atoms with Crippen molar-refractivity contribution in [3.05, 3.63) is 62.9 Å². The molecule has 1 aliphatic heterocycles. The summed E-state index contributed by atoms with van der Waals surface area (Å²) < 4.78 is 21.1. The van der Waals surface area contributed by atoms with Gasteiger partial charge in [0.05, 0.1) is 12.2 Å².